The van der Waals surface area contributed by atoms with E-state index >= 15 is 0 Å². The monoisotopic (exact) mass is 171 g/mol. The number of aryl methyl sites for hydroxylation is 1. The Morgan fingerprint density at radius 3 is 2.83 bits per heavy atom. The summed E-state index contributed by atoms with van der Waals surface area (Å²) in [5.74, 6) is 0. The quantitative estimate of drug-likeness (QED) is 0.691. The van der Waals surface area contributed by atoms with Gasteiger partial charge in [0.1, 0.15) is 0 Å². The van der Waals surface area contributed by atoms with Crippen LogP contribution in [0.25, 0.3) is 0 Å². The molecule has 0 saturated carbocycles. The lowest BCUT2D eigenvalue weighted by atomic mass is 10.3. The van der Waals surface area contributed by atoms with Crippen LogP contribution < -0.4 is 0 Å². The third-order valence-corrected chi connectivity index (χ3v) is 1.65. The molecule has 0 fully saturated rings. The molecule has 1 rings (SSSR count). The molecule has 1 heterocycles. The van der Waals surface area contributed by atoms with Gasteiger partial charge in [0, 0.05) is 12.2 Å². The molecule has 0 aromatic carbocycles. The molecule has 1 aromatic rings. The van der Waals surface area contributed by atoms with Crippen LogP contribution in [-0.4, -0.2) is 21.7 Å². The molecule has 0 atom stereocenters. The molecular weight excluding hydrogens is 157 g/mol. The summed E-state index contributed by atoms with van der Waals surface area (Å²) in [7, 11) is 0. The van der Waals surface area contributed by atoms with Crippen molar-refractivity contribution in [3.05, 3.63) is 11.9 Å². The summed E-state index contributed by atoms with van der Waals surface area (Å²) in [5, 5.41) is 7.83. The molecule has 1 aromatic heterocycles. The van der Waals surface area contributed by atoms with E-state index in [2.05, 4.69) is 10.3 Å². The Labute approximate surface area is 71.6 Å². The highest BCUT2D eigenvalue weighted by Crippen LogP contribution is 2.04. The lowest BCUT2D eigenvalue weighted by Crippen LogP contribution is -2.00. The lowest BCUT2D eigenvalue weighted by Gasteiger charge is -2.00. The zero-order chi connectivity index (χ0) is 8.97. The van der Waals surface area contributed by atoms with Crippen LogP contribution in [0.3, 0.4) is 0 Å². The van der Waals surface area contributed by atoms with Crippen LogP contribution in [0.1, 0.15) is 32.0 Å². The maximum Gasteiger partial charge on any atom is 0.0898 e. The Morgan fingerprint density at radius 1 is 1.58 bits per heavy atom. The fourth-order valence-electron chi connectivity index (χ4n) is 0.928. The van der Waals surface area contributed by atoms with E-state index in [1.165, 1.54) is 0 Å². The van der Waals surface area contributed by atoms with Crippen molar-refractivity contribution >= 4 is 0 Å². The Morgan fingerprint density at radius 2 is 2.33 bits per heavy atom. The molecule has 0 aliphatic rings. The van der Waals surface area contributed by atoms with Crippen LogP contribution in [-0.2, 0) is 6.42 Å². The smallest absolute Gasteiger partial charge is 0.0898 e. The summed E-state index contributed by atoms with van der Waals surface area (Å²) in [4.78, 5) is 0. The molecule has 0 aliphatic carbocycles. The molecule has 0 spiro atoms. The van der Waals surface area contributed by atoms with Gasteiger partial charge >= 0.3 is 0 Å². The molecule has 0 unspecified atom stereocenters. The van der Waals surface area contributed by atoms with Crippen molar-refractivity contribution in [3.63, 3.8) is 0 Å². The zero-order valence-electron chi connectivity index (χ0n) is 7.50. The van der Waals surface area contributed by atoms with Crippen molar-refractivity contribution in [3.8, 4) is 0 Å². The van der Waals surface area contributed by atoms with Gasteiger partial charge < -0.3 is 0 Å². The second-order valence-corrected chi connectivity index (χ2v) is 3.08. The standard InChI is InChI=1S/C8H14FN3/c1-7(2)12-6-8(10-11-12)4-3-5-9/h6-7H,3-5H2,1-2H3. The van der Waals surface area contributed by atoms with Gasteiger partial charge in [-0.15, -0.1) is 5.10 Å². The number of nitrogens with zero attached hydrogens (tertiary/aromatic N) is 3. The zero-order valence-corrected chi connectivity index (χ0v) is 7.50. The summed E-state index contributed by atoms with van der Waals surface area (Å²) in [6.45, 7) is 3.79. The molecule has 0 aliphatic heterocycles. The van der Waals surface area contributed by atoms with E-state index in [1.807, 2.05) is 20.0 Å². The summed E-state index contributed by atoms with van der Waals surface area (Å²) in [5.41, 5.74) is 0.876. The molecular formula is C8H14FN3. The minimum Gasteiger partial charge on any atom is -0.251 e. The van der Waals surface area contributed by atoms with Crippen LogP contribution in [0.4, 0.5) is 4.39 Å². The van der Waals surface area contributed by atoms with Gasteiger partial charge in [-0.25, -0.2) is 4.68 Å². The predicted molar refractivity (Wildman–Crippen MR) is 44.7 cm³/mol. The number of hydrogen-bond donors (Lipinski definition) is 0. The first kappa shape index (κ1) is 9.16. The van der Waals surface area contributed by atoms with Gasteiger partial charge in [0.25, 0.3) is 0 Å². The Hall–Kier alpha value is -0.930. The van der Waals surface area contributed by atoms with Crippen molar-refractivity contribution in [1.82, 2.24) is 15.0 Å². The minimum atomic E-state index is -0.283. The van der Waals surface area contributed by atoms with Gasteiger partial charge in [-0.2, -0.15) is 0 Å². The average molecular weight is 171 g/mol. The van der Waals surface area contributed by atoms with Crippen molar-refractivity contribution in [1.29, 1.82) is 0 Å². The third kappa shape index (κ3) is 2.29. The fraction of sp³-hybridized carbons (Fsp3) is 0.750. The van der Waals surface area contributed by atoms with Gasteiger partial charge in [-0.05, 0) is 26.7 Å². The molecule has 4 heteroatoms. The highest BCUT2D eigenvalue weighted by molar-refractivity contribution is 4.92. The fourth-order valence-corrected chi connectivity index (χ4v) is 0.928. The van der Waals surface area contributed by atoms with E-state index in [1.54, 1.807) is 4.68 Å². The molecule has 0 amide bonds. The van der Waals surface area contributed by atoms with Gasteiger partial charge in [0.15, 0.2) is 0 Å². The summed E-state index contributed by atoms with van der Waals surface area (Å²) in [6.07, 6.45) is 3.10. The van der Waals surface area contributed by atoms with Gasteiger partial charge in [0.05, 0.1) is 12.4 Å². The maximum atomic E-state index is 11.8. The second kappa shape index (κ2) is 4.18. The maximum absolute atomic E-state index is 11.8. The Kier molecular flexibility index (Phi) is 3.19. The summed E-state index contributed by atoms with van der Waals surface area (Å²) >= 11 is 0. The minimum absolute atomic E-state index is 0.283. The van der Waals surface area contributed by atoms with Crippen LogP contribution in [0, 0.1) is 0 Å². The predicted octanol–water partition coefficient (Wildman–Crippen LogP) is 1.76. The molecule has 0 bridgehead atoms. The van der Waals surface area contributed by atoms with Crippen molar-refractivity contribution < 1.29 is 4.39 Å². The highest BCUT2D eigenvalue weighted by Gasteiger charge is 2.02. The van der Waals surface area contributed by atoms with E-state index in [-0.39, 0.29) is 6.67 Å². The third-order valence-electron chi connectivity index (χ3n) is 1.65. The largest absolute Gasteiger partial charge is 0.251 e. The van der Waals surface area contributed by atoms with E-state index in [9.17, 15) is 4.39 Å². The van der Waals surface area contributed by atoms with Crippen molar-refractivity contribution in [2.24, 2.45) is 0 Å². The van der Waals surface area contributed by atoms with Crippen molar-refractivity contribution in [2.45, 2.75) is 32.7 Å². The lowest BCUT2D eigenvalue weighted by molar-refractivity contribution is 0.471. The highest BCUT2D eigenvalue weighted by atomic mass is 19.1. The van der Waals surface area contributed by atoms with Gasteiger partial charge in [0.2, 0.25) is 0 Å². The van der Waals surface area contributed by atoms with E-state index in [0.717, 1.165) is 5.69 Å². The number of aromatic nitrogens is 3. The Bertz CT molecular complexity index is 232. The SMILES string of the molecule is CC(C)n1cc(CCCF)nn1. The topological polar surface area (TPSA) is 30.7 Å². The van der Waals surface area contributed by atoms with Crippen LogP contribution >= 0.6 is 0 Å². The average Bonchev–Trinajstić information content (AvgIpc) is 2.48. The molecule has 0 N–H and O–H groups in total. The first-order valence-electron chi connectivity index (χ1n) is 4.20. The molecule has 68 valence electrons. The normalized spacial score (nSPS) is 11.0. The number of alkyl halides is 1. The van der Waals surface area contributed by atoms with Crippen LogP contribution in [0.2, 0.25) is 0 Å². The molecule has 0 radical (unpaired) electrons. The number of rotatable bonds is 4. The molecule has 12 heavy (non-hydrogen) atoms. The second-order valence-electron chi connectivity index (χ2n) is 3.08. The first-order valence-corrected chi connectivity index (χ1v) is 4.20. The van der Waals surface area contributed by atoms with Gasteiger partial charge in [-0.1, -0.05) is 5.21 Å². The van der Waals surface area contributed by atoms with Crippen LogP contribution in [0.15, 0.2) is 6.20 Å². The molecule has 3 nitrogen and oxygen atoms in total. The molecule has 0 saturated heterocycles. The van der Waals surface area contributed by atoms with Gasteiger partial charge in [-0.3, -0.25) is 4.39 Å². The summed E-state index contributed by atoms with van der Waals surface area (Å²) in [6, 6.07) is 0.330. The van der Waals surface area contributed by atoms with E-state index in [4.69, 9.17) is 0 Å². The summed E-state index contributed by atoms with van der Waals surface area (Å²) < 4.78 is 13.6. The van der Waals surface area contributed by atoms with E-state index in [0.29, 0.717) is 18.9 Å². The van der Waals surface area contributed by atoms with Crippen molar-refractivity contribution in [2.75, 3.05) is 6.67 Å². The number of halogens is 1. The number of hydrogen-bond acceptors (Lipinski definition) is 2. The van der Waals surface area contributed by atoms with E-state index < -0.39 is 0 Å². The first-order chi connectivity index (χ1) is 5.74. The Balaban J connectivity index is 2.52. The van der Waals surface area contributed by atoms with Crippen LogP contribution in [0.5, 0.6) is 0 Å².